The second kappa shape index (κ2) is 10.6. The summed E-state index contributed by atoms with van der Waals surface area (Å²) in [6.07, 6.45) is 0. The first-order chi connectivity index (χ1) is 4.13. The average molecular weight is 178 g/mol. The molecule has 0 saturated carbocycles. The van der Waals surface area contributed by atoms with E-state index in [0.717, 1.165) is 0 Å². The van der Waals surface area contributed by atoms with Gasteiger partial charge in [0.15, 0.2) is 0 Å². The topological polar surface area (TPSA) is 73.8 Å². The standard InChI is InChI=1S/C4H6O5.2Na/c1-3(5)7-9-8-4(2)6;;/h5-6H,1-2H2;;/q;2*+1/p-2. The second-order valence-electron chi connectivity index (χ2n) is 0.979. The fourth-order valence-corrected chi connectivity index (χ4v) is 0.0929. The summed E-state index contributed by atoms with van der Waals surface area (Å²) in [5, 5.41) is 23.0. The molecule has 0 aromatic carbocycles. The first-order valence-electron chi connectivity index (χ1n) is 1.86. The van der Waals surface area contributed by atoms with Crippen molar-refractivity contribution >= 4 is 0 Å². The summed E-state index contributed by atoms with van der Waals surface area (Å²) in [7, 11) is 0. The van der Waals surface area contributed by atoms with Gasteiger partial charge in [-0.05, 0) is 0 Å². The minimum Gasteiger partial charge on any atom is -0.545 e. The van der Waals surface area contributed by atoms with Crippen molar-refractivity contribution in [3.63, 3.8) is 0 Å². The first kappa shape index (κ1) is 17.7. The number of hydrogen-bond donors (Lipinski definition) is 0. The van der Waals surface area contributed by atoms with Crippen LogP contribution in [0.3, 0.4) is 0 Å². The number of rotatable bonds is 4. The van der Waals surface area contributed by atoms with Crippen LogP contribution in [0.1, 0.15) is 0 Å². The van der Waals surface area contributed by atoms with Gasteiger partial charge in [-0.25, -0.2) is 0 Å². The van der Waals surface area contributed by atoms with E-state index in [4.69, 9.17) is 0 Å². The molecule has 0 aliphatic rings. The number of hydrogen-bond acceptors (Lipinski definition) is 5. The molecule has 0 unspecified atom stereocenters. The molecule has 11 heavy (non-hydrogen) atoms. The van der Waals surface area contributed by atoms with Gasteiger partial charge in [0, 0.05) is 0 Å². The molecule has 0 heterocycles. The first-order valence-corrected chi connectivity index (χ1v) is 1.86. The Hall–Kier alpha value is 0.640. The Morgan fingerprint density at radius 2 is 1.18 bits per heavy atom. The molecule has 0 spiro atoms. The Labute approximate surface area is 108 Å². The van der Waals surface area contributed by atoms with E-state index in [0.29, 0.717) is 0 Å². The largest absolute Gasteiger partial charge is 1.00 e. The monoisotopic (exact) mass is 178 g/mol. The Bertz CT molecular complexity index is 112. The fraction of sp³-hybridized carbons (Fsp3) is 0. The van der Waals surface area contributed by atoms with Crippen molar-refractivity contribution in [2.75, 3.05) is 0 Å². The van der Waals surface area contributed by atoms with Crippen molar-refractivity contribution in [3.05, 3.63) is 25.0 Å². The van der Waals surface area contributed by atoms with E-state index in [1.807, 2.05) is 0 Å². The van der Waals surface area contributed by atoms with Crippen molar-refractivity contribution in [2.24, 2.45) is 0 Å². The third-order valence-electron chi connectivity index (χ3n) is 0.254. The second-order valence-corrected chi connectivity index (χ2v) is 0.979. The normalized spacial score (nSPS) is 6.55. The van der Waals surface area contributed by atoms with E-state index < -0.39 is 11.9 Å². The van der Waals surface area contributed by atoms with Gasteiger partial charge in [0.25, 0.3) is 0 Å². The van der Waals surface area contributed by atoms with Gasteiger partial charge in [-0.3, -0.25) is 0 Å². The van der Waals surface area contributed by atoms with Crippen LogP contribution in [-0.2, 0) is 14.8 Å². The summed E-state index contributed by atoms with van der Waals surface area (Å²) in [5.74, 6) is -1.92. The van der Waals surface area contributed by atoms with Crippen molar-refractivity contribution in [3.8, 4) is 0 Å². The summed E-state index contributed by atoms with van der Waals surface area (Å²) in [6.45, 7) is 5.47. The van der Waals surface area contributed by atoms with E-state index in [1.165, 1.54) is 0 Å². The Morgan fingerprint density at radius 3 is 1.36 bits per heavy atom. The molecule has 0 radical (unpaired) electrons. The Balaban J connectivity index is -0.000000320. The van der Waals surface area contributed by atoms with Crippen LogP contribution >= 0.6 is 0 Å². The van der Waals surface area contributed by atoms with Gasteiger partial charge in [0.1, 0.15) is 0 Å². The molecule has 0 aliphatic heterocycles. The van der Waals surface area contributed by atoms with Crippen molar-refractivity contribution in [1.82, 2.24) is 0 Å². The van der Waals surface area contributed by atoms with Gasteiger partial charge >= 0.3 is 59.1 Å². The minimum atomic E-state index is -0.962. The third kappa shape index (κ3) is 18.0. The molecule has 0 N–H and O–H groups in total. The molecule has 0 atom stereocenters. The predicted molar refractivity (Wildman–Crippen MR) is 21.5 cm³/mol. The summed E-state index contributed by atoms with van der Waals surface area (Å²) in [4.78, 5) is 7.24. The van der Waals surface area contributed by atoms with Crippen LogP contribution in [0.2, 0.25) is 0 Å². The van der Waals surface area contributed by atoms with Gasteiger partial charge in [-0.15, -0.1) is 0 Å². The molecule has 0 amide bonds. The molecular formula is C4H4Na2O5. The molecular weight excluding hydrogens is 174 g/mol. The maximum absolute atomic E-state index is 9.76. The van der Waals surface area contributed by atoms with Gasteiger partial charge < -0.3 is 20.0 Å². The van der Waals surface area contributed by atoms with Crippen molar-refractivity contribution < 1.29 is 84.1 Å². The van der Waals surface area contributed by atoms with Gasteiger partial charge in [-0.2, -0.15) is 5.04 Å². The SMILES string of the molecule is C=C([O-])OOOC(=C)[O-].[Na+].[Na+]. The van der Waals surface area contributed by atoms with E-state index in [2.05, 4.69) is 28.0 Å². The molecule has 0 aromatic heterocycles. The quantitative estimate of drug-likeness (QED) is 0.185. The molecule has 5 nitrogen and oxygen atoms in total. The van der Waals surface area contributed by atoms with E-state index in [1.54, 1.807) is 0 Å². The van der Waals surface area contributed by atoms with Crippen LogP contribution in [0.4, 0.5) is 0 Å². The van der Waals surface area contributed by atoms with Crippen LogP contribution in [-0.4, -0.2) is 0 Å². The zero-order chi connectivity index (χ0) is 7.28. The minimum absolute atomic E-state index is 0. The van der Waals surface area contributed by atoms with Crippen LogP contribution in [0.25, 0.3) is 0 Å². The van der Waals surface area contributed by atoms with Crippen molar-refractivity contribution in [2.45, 2.75) is 0 Å². The summed E-state index contributed by atoms with van der Waals surface area (Å²) in [5.41, 5.74) is 0. The predicted octanol–water partition coefficient (Wildman–Crippen LogP) is -7.46. The van der Waals surface area contributed by atoms with E-state index >= 15 is 0 Å². The summed E-state index contributed by atoms with van der Waals surface area (Å²) >= 11 is 0. The smallest absolute Gasteiger partial charge is 0.545 e. The fourth-order valence-electron chi connectivity index (χ4n) is 0.0929. The van der Waals surface area contributed by atoms with Crippen LogP contribution in [0.15, 0.2) is 25.0 Å². The Kier molecular flexibility index (Phi) is 17.1. The van der Waals surface area contributed by atoms with E-state index in [-0.39, 0.29) is 59.1 Å². The molecule has 7 heteroatoms. The van der Waals surface area contributed by atoms with Crippen molar-refractivity contribution in [1.29, 1.82) is 0 Å². The molecule has 0 aromatic rings. The van der Waals surface area contributed by atoms with Gasteiger partial charge in [-0.1, -0.05) is 13.2 Å². The summed E-state index contributed by atoms with van der Waals surface area (Å²) < 4.78 is 0. The van der Waals surface area contributed by atoms with Gasteiger partial charge in [0.05, 0.1) is 11.9 Å². The zero-order valence-corrected chi connectivity index (χ0v) is 10.5. The zero-order valence-electron chi connectivity index (χ0n) is 6.46. The molecule has 0 rings (SSSR count). The maximum atomic E-state index is 9.76. The van der Waals surface area contributed by atoms with Crippen LogP contribution in [0.5, 0.6) is 0 Å². The molecule has 52 valence electrons. The molecule has 0 saturated heterocycles. The van der Waals surface area contributed by atoms with Gasteiger partial charge in [0.2, 0.25) is 0 Å². The average Bonchev–Trinajstić information content (AvgIpc) is 1.63. The maximum Gasteiger partial charge on any atom is 1.00 e. The summed E-state index contributed by atoms with van der Waals surface area (Å²) in [6, 6.07) is 0. The molecule has 0 bridgehead atoms. The third-order valence-corrected chi connectivity index (χ3v) is 0.254. The Morgan fingerprint density at radius 1 is 0.909 bits per heavy atom. The van der Waals surface area contributed by atoms with Crippen LogP contribution in [0, 0.1) is 0 Å². The molecule has 0 fully saturated rings. The van der Waals surface area contributed by atoms with Crippen LogP contribution < -0.4 is 69.3 Å². The molecule has 0 aliphatic carbocycles. The van der Waals surface area contributed by atoms with E-state index in [9.17, 15) is 10.2 Å².